The number of benzene rings is 1. The number of anilines is 1. The number of aliphatic hydroxyl groups is 1. The zero-order valence-electron chi connectivity index (χ0n) is 13.1. The van der Waals surface area contributed by atoms with Gasteiger partial charge < -0.3 is 20.2 Å². The van der Waals surface area contributed by atoms with E-state index in [1.165, 1.54) is 6.26 Å². The third kappa shape index (κ3) is 4.96. The van der Waals surface area contributed by atoms with Crippen molar-refractivity contribution in [3.8, 4) is 0 Å². The first-order chi connectivity index (χ1) is 11.0. The summed E-state index contributed by atoms with van der Waals surface area (Å²) in [5.74, 6) is -1.04. The van der Waals surface area contributed by atoms with Gasteiger partial charge in [-0.25, -0.2) is 0 Å². The Morgan fingerprint density at radius 1 is 1.17 bits per heavy atom. The number of hydrogen-bond acceptors (Lipinski definition) is 4. The molecule has 6 nitrogen and oxygen atoms in total. The normalized spacial score (nSPS) is 11.8. The van der Waals surface area contributed by atoms with E-state index < -0.39 is 17.9 Å². The first kappa shape index (κ1) is 16.8. The Labute approximate surface area is 134 Å². The van der Waals surface area contributed by atoms with Gasteiger partial charge in [0.05, 0.1) is 6.26 Å². The molecule has 0 saturated carbocycles. The van der Waals surface area contributed by atoms with Gasteiger partial charge in [-0.15, -0.1) is 0 Å². The Kier molecular flexibility index (Phi) is 5.54. The maximum absolute atomic E-state index is 11.8. The lowest BCUT2D eigenvalue weighted by Gasteiger charge is -2.10. The molecule has 2 amide bonds. The molecule has 1 aromatic heterocycles. The number of aliphatic hydroxyl groups excluding tert-OH is 1. The van der Waals surface area contributed by atoms with E-state index in [1.54, 1.807) is 24.3 Å². The second kappa shape index (κ2) is 7.60. The number of hydrogen-bond donors (Lipinski definition) is 3. The second-order valence-electron chi connectivity index (χ2n) is 5.41. The van der Waals surface area contributed by atoms with Crippen LogP contribution in [-0.4, -0.2) is 23.5 Å². The summed E-state index contributed by atoms with van der Waals surface area (Å²) >= 11 is 0. The molecule has 0 aliphatic rings. The van der Waals surface area contributed by atoms with Crippen LogP contribution in [0.25, 0.3) is 0 Å². The van der Waals surface area contributed by atoms with Crippen molar-refractivity contribution < 1.29 is 19.1 Å². The van der Waals surface area contributed by atoms with Gasteiger partial charge in [-0.3, -0.25) is 9.59 Å². The number of amides is 2. The molecule has 0 radical (unpaired) electrons. The van der Waals surface area contributed by atoms with Gasteiger partial charge in [-0.1, -0.05) is 6.07 Å². The van der Waals surface area contributed by atoms with E-state index in [-0.39, 0.29) is 13.0 Å². The number of aryl methyl sites for hydroxylation is 2. The highest BCUT2D eigenvalue weighted by Crippen LogP contribution is 2.16. The van der Waals surface area contributed by atoms with E-state index in [4.69, 9.17) is 4.42 Å². The van der Waals surface area contributed by atoms with Crippen molar-refractivity contribution >= 4 is 17.5 Å². The predicted molar refractivity (Wildman–Crippen MR) is 85.8 cm³/mol. The molecule has 0 saturated heterocycles. The number of furan rings is 1. The van der Waals surface area contributed by atoms with Crippen LogP contribution in [0, 0.1) is 13.8 Å². The highest BCUT2D eigenvalue weighted by molar-refractivity contribution is 6.39. The molecule has 0 fully saturated rings. The molecule has 2 rings (SSSR count). The first-order valence-corrected chi connectivity index (χ1v) is 7.34. The van der Waals surface area contributed by atoms with Crippen LogP contribution in [0.1, 0.15) is 29.4 Å². The average molecular weight is 316 g/mol. The lowest BCUT2D eigenvalue weighted by Crippen LogP contribution is -2.36. The van der Waals surface area contributed by atoms with E-state index in [0.29, 0.717) is 11.4 Å². The van der Waals surface area contributed by atoms with Gasteiger partial charge in [0, 0.05) is 12.2 Å². The van der Waals surface area contributed by atoms with Crippen LogP contribution in [0.3, 0.4) is 0 Å². The Balaban J connectivity index is 1.80. The fourth-order valence-electron chi connectivity index (χ4n) is 2.26. The van der Waals surface area contributed by atoms with Gasteiger partial charge >= 0.3 is 11.8 Å². The molecule has 3 N–H and O–H groups in total. The summed E-state index contributed by atoms with van der Waals surface area (Å²) in [6, 6.07) is 8.89. The summed E-state index contributed by atoms with van der Waals surface area (Å²) in [4.78, 5) is 23.6. The monoisotopic (exact) mass is 316 g/mol. The molecular formula is C17H20N2O4. The molecule has 2 aromatic rings. The third-order valence-electron chi connectivity index (χ3n) is 3.26. The lowest BCUT2D eigenvalue weighted by molar-refractivity contribution is -0.136. The van der Waals surface area contributed by atoms with E-state index in [0.717, 1.165) is 11.1 Å². The zero-order valence-corrected chi connectivity index (χ0v) is 13.1. The number of nitrogens with one attached hydrogen (secondary N) is 2. The van der Waals surface area contributed by atoms with Gasteiger partial charge in [0.2, 0.25) is 0 Å². The van der Waals surface area contributed by atoms with Gasteiger partial charge in [-0.05, 0) is 55.7 Å². The molecule has 0 bridgehead atoms. The van der Waals surface area contributed by atoms with Crippen LogP contribution < -0.4 is 10.6 Å². The van der Waals surface area contributed by atoms with Crippen LogP contribution in [0.4, 0.5) is 5.69 Å². The SMILES string of the molecule is Cc1cc(C)cc(NC(=O)C(=O)NCCC(O)c2ccco2)c1. The third-order valence-corrected chi connectivity index (χ3v) is 3.26. The standard InChI is InChI=1S/C17H20N2O4/c1-11-8-12(2)10-13(9-11)19-17(22)16(21)18-6-5-14(20)15-4-3-7-23-15/h3-4,7-10,14,20H,5-6H2,1-2H3,(H,18,21)(H,19,22). The highest BCUT2D eigenvalue weighted by atomic mass is 16.4. The smallest absolute Gasteiger partial charge is 0.313 e. The second-order valence-corrected chi connectivity index (χ2v) is 5.41. The van der Waals surface area contributed by atoms with Crippen molar-refractivity contribution in [3.05, 3.63) is 53.5 Å². The minimum Gasteiger partial charge on any atom is -0.467 e. The number of carbonyl (C=O) groups excluding carboxylic acids is 2. The van der Waals surface area contributed by atoms with Gasteiger partial charge in [-0.2, -0.15) is 0 Å². The van der Waals surface area contributed by atoms with Crippen molar-refractivity contribution in [1.29, 1.82) is 0 Å². The molecule has 122 valence electrons. The summed E-state index contributed by atoms with van der Waals surface area (Å²) < 4.78 is 5.06. The van der Waals surface area contributed by atoms with Gasteiger partial charge in [0.25, 0.3) is 0 Å². The van der Waals surface area contributed by atoms with Crippen molar-refractivity contribution in [1.82, 2.24) is 5.32 Å². The van der Waals surface area contributed by atoms with Crippen molar-refractivity contribution in [2.45, 2.75) is 26.4 Å². The van der Waals surface area contributed by atoms with E-state index in [2.05, 4.69) is 10.6 Å². The largest absolute Gasteiger partial charge is 0.467 e. The van der Waals surface area contributed by atoms with Crippen molar-refractivity contribution in [2.75, 3.05) is 11.9 Å². The summed E-state index contributed by atoms with van der Waals surface area (Å²) in [5.41, 5.74) is 2.59. The number of carbonyl (C=O) groups is 2. The Bertz CT molecular complexity index is 660. The molecule has 0 aliphatic carbocycles. The average Bonchev–Trinajstić information content (AvgIpc) is 3.00. The topological polar surface area (TPSA) is 91.6 Å². The lowest BCUT2D eigenvalue weighted by atomic mass is 10.1. The zero-order chi connectivity index (χ0) is 16.8. The van der Waals surface area contributed by atoms with Crippen LogP contribution in [0.5, 0.6) is 0 Å². The van der Waals surface area contributed by atoms with E-state index in [9.17, 15) is 14.7 Å². The highest BCUT2D eigenvalue weighted by Gasteiger charge is 2.15. The van der Waals surface area contributed by atoms with Gasteiger partial charge in [0.1, 0.15) is 11.9 Å². The van der Waals surface area contributed by atoms with Crippen LogP contribution >= 0.6 is 0 Å². The maximum atomic E-state index is 11.8. The molecule has 23 heavy (non-hydrogen) atoms. The first-order valence-electron chi connectivity index (χ1n) is 7.34. The number of rotatable bonds is 5. The molecule has 0 spiro atoms. The predicted octanol–water partition coefficient (Wildman–Crippen LogP) is 2.07. The fraction of sp³-hybridized carbons (Fsp3) is 0.294. The summed E-state index contributed by atoms with van der Waals surface area (Å²) in [7, 11) is 0. The molecule has 1 atom stereocenters. The van der Waals surface area contributed by atoms with Crippen LogP contribution in [-0.2, 0) is 9.59 Å². The van der Waals surface area contributed by atoms with E-state index in [1.807, 2.05) is 19.9 Å². The molecule has 6 heteroatoms. The quantitative estimate of drug-likeness (QED) is 0.736. The fourth-order valence-corrected chi connectivity index (χ4v) is 2.26. The molecule has 1 heterocycles. The summed E-state index contributed by atoms with van der Waals surface area (Å²) in [6.07, 6.45) is 0.914. The Morgan fingerprint density at radius 2 is 1.87 bits per heavy atom. The maximum Gasteiger partial charge on any atom is 0.313 e. The summed E-state index contributed by atoms with van der Waals surface area (Å²) in [6.45, 7) is 4.00. The van der Waals surface area contributed by atoms with Crippen LogP contribution in [0.15, 0.2) is 41.0 Å². The molecule has 1 aromatic carbocycles. The van der Waals surface area contributed by atoms with Crippen molar-refractivity contribution in [3.63, 3.8) is 0 Å². The van der Waals surface area contributed by atoms with Crippen molar-refractivity contribution in [2.24, 2.45) is 0 Å². The Morgan fingerprint density at radius 3 is 2.48 bits per heavy atom. The van der Waals surface area contributed by atoms with Gasteiger partial charge in [0.15, 0.2) is 0 Å². The van der Waals surface area contributed by atoms with E-state index >= 15 is 0 Å². The summed E-state index contributed by atoms with van der Waals surface area (Å²) in [5, 5.41) is 14.8. The minimum atomic E-state index is -0.812. The Hall–Kier alpha value is -2.60. The molecule has 1 unspecified atom stereocenters. The minimum absolute atomic E-state index is 0.168. The molecular weight excluding hydrogens is 296 g/mol. The molecule has 0 aliphatic heterocycles. The van der Waals surface area contributed by atoms with Crippen LogP contribution in [0.2, 0.25) is 0 Å².